The topological polar surface area (TPSA) is 70.7 Å². The van der Waals surface area contributed by atoms with Crippen molar-refractivity contribution in [2.45, 2.75) is 32.7 Å². The van der Waals surface area contributed by atoms with Crippen molar-refractivity contribution >= 4 is 17.6 Å². The summed E-state index contributed by atoms with van der Waals surface area (Å²) in [6, 6.07) is 5.84. The van der Waals surface area contributed by atoms with E-state index in [0.29, 0.717) is 26.1 Å². The monoisotopic (exact) mass is 319 g/mol. The van der Waals surface area contributed by atoms with Crippen LogP contribution in [0.25, 0.3) is 0 Å². The van der Waals surface area contributed by atoms with E-state index in [9.17, 15) is 9.59 Å². The van der Waals surface area contributed by atoms with E-state index in [2.05, 4.69) is 16.7 Å². The highest BCUT2D eigenvalue weighted by Crippen LogP contribution is 2.29. The Balaban J connectivity index is 1.84. The van der Waals surface area contributed by atoms with Gasteiger partial charge in [-0.1, -0.05) is 19.1 Å². The lowest BCUT2D eigenvalue weighted by Crippen LogP contribution is -2.35. The van der Waals surface area contributed by atoms with Crippen LogP contribution in [-0.4, -0.2) is 38.7 Å². The number of anilines is 1. The van der Waals surface area contributed by atoms with E-state index < -0.39 is 0 Å². The minimum absolute atomic E-state index is 0.157. The highest BCUT2D eigenvalue weighted by Gasteiger charge is 2.23. The van der Waals surface area contributed by atoms with Gasteiger partial charge in [-0.15, -0.1) is 0 Å². The number of urea groups is 1. The fourth-order valence-electron chi connectivity index (χ4n) is 2.68. The van der Waals surface area contributed by atoms with Crippen LogP contribution in [0.3, 0.4) is 0 Å². The quantitative estimate of drug-likeness (QED) is 0.753. The van der Waals surface area contributed by atoms with Gasteiger partial charge in [0.05, 0.1) is 0 Å². The Morgan fingerprint density at radius 3 is 2.87 bits per heavy atom. The smallest absolute Gasteiger partial charge is 0.315 e. The molecule has 0 fully saturated rings. The molecule has 1 aromatic rings. The lowest BCUT2D eigenvalue weighted by molar-refractivity contribution is -0.118. The van der Waals surface area contributed by atoms with Crippen LogP contribution in [0, 0.1) is 0 Å². The molecule has 0 spiro atoms. The van der Waals surface area contributed by atoms with Crippen molar-refractivity contribution in [2.75, 3.05) is 31.7 Å². The molecule has 23 heavy (non-hydrogen) atoms. The van der Waals surface area contributed by atoms with Gasteiger partial charge in [0.2, 0.25) is 5.91 Å². The van der Waals surface area contributed by atoms with Crippen LogP contribution < -0.4 is 15.5 Å². The first-order valence-electron chi connectivity index (χ1n) is 8.08. The summed E-state index contributed by atoms with van der Waals surface area (Å²) in [6.45, 7) is 4.34. The minimum Gasteiger partial charge on any atom is -0.385 e. The van der Waals surface area contributed by atoms with Gasteiger partial charge in [-0.3, -0.25) is 4.79 Å². The Hall–Kier alpha value is -2.08. The number of carbonyl (C=O) groups is 2. The Labute approximate surface area is 137 Å². The summed E-state index contributed by atoms with van der Waals surface area (Å²) >= 11 is 0. The number of nitrogens with one attached hydrogen (secondary N) is 2. The largest absolute Gasteiger partial charge is 0.385 e. The molecule has 0 bridgehead atoms. The van der Waals surface area contributed by atoms with Crippen molar-refractivity contribution in [3.8, 4) is 0 Å². The number of fused-ring (bicyclic) bond motifs is 1. The van der Waals surface area contributed by atoms with E-state index in [0.717, 1.165) is 30.6 Å². The average Bonchev–Trinajstić information content (AvgIpc) is 2.99. The molecule has 0 saturated heterocycles. The van der Waals surface area contributed by atoms with Crippen molar-refractivity contribution in [3.63, 3.8) is 0 Å². The molecule has 3 amide bonds. The SMILES string of the molecule is CCC(=O)N1CCc2cc(CNC(=O)NCCCOC)ccc21. The number of carbonyl (C=O) groups excluding carboxylic acids is 2. The first-order chi connectivity index (χ1) is 11.2. The van der Waals surface area contributed by atoms with E-state index in [-0.39, 0.29) is 11.9 Å². The van der Waals surface area contributed by atoms with Gasteiger partial charge in [0, 0.05) is 45.5 Å². The zero-order valence-corrected chi connectivity index (χ0v) is 13.9. The van der Waals surface area contributed by atoms with E-state index >= 15 is 0 Å². The van der Waals surface area contributed by atoms with Crippen LogP contribution in [0.2, 0.25) is 0 Å². The number of rotatable bonds is 7. The number of nitrogens with zero attached hydrogens (tertiary/aromatic N) is 1. The maximum atomic E-state index is 11.9. The van der Waals surface area contributed by atoms with Crippen LogP contribution in [0.5, 0.6) is 0 Å². The molecular formula is C17H25N3O3. The van der Waals surface area contributed by atoms with E-state index in [1.54, 1.807) is 7.11 Å². The first kappa shape index (κ1) is 17.3. The second-order valence-electron chi connectivity index (χ2n) is 5.57. The molecule has 0 atom stereocenters. The molecule has 0 saturated carbocycles. The third-order valence-corrected chi connectivity index (χ3v) is 3.91. The summed E-state index contributed by atoms with van der Waals surface area (Å²) in [5, 5.41) is 5.63. The maximum Gasteiger partial charge on any atom is 0.315 e. The zero-order valence-electron chi connectivity index (χ0n) is 13.9. The molecule has 2 N–H and O–H groups in total. The van der Waals surface area contributed by atoms with E-state index in [1.807, 2.05) is 24.0 Å². The van der Waals surface area contributed by atoms with Crippen LogP contribution in [0.15, 0.2) is 18.2 Å². The summed E-state index contributed by atoms with van der Waals surface area (Å²) < 4.78 is 4.93. The zero-order chi connectivity index (χ0) is 16.7. The summed E-state index contributed by atoms with van der Waals surface area (Å²) in [5.41, 5.74) is 3.22. The molecule has 1 aliphatic rings. The lowest BCUT2D eigenvalue weighted by Gasteiger charge is -2.16. The lowest BCUT2D eigenvalue weighted by atomic mass is 10.1. The molecule has 0 aromatic heterocycles. The van der Waals surface area contributed by atoms with Gasteiger partial charge in [-0.05, 0) is 30.0 Å². The second-order valence-corrected chi connectivity index (χ2v) is 5.57. The number of methoxy groups -OCH3 is 1. The van der Waals surface area contributed by atoms with Gasteiger partial charge in [0.15, 0.2) is 0 Å². The molecular weight excluding hydrogens is 294 g/mol. The van der Waals surface area contributed by atoms with Crippen molar-refractivity contribution in [3.05, 3.63) is 29.3 Å². The Morgan fingerprint density at radius 1 is 1.30 bits per heavy atom. The second kappa shape index (κ2) is 8.53. The van der Waals surface area contributed by atoms with E-state index in [4.69, 9.17) is 4.74 Å². The molecule has 1 aliphatic heterocycles. The van der Waals surface area contributed by atoms with Crippen LogP contribution >= 0.6 is 0 Å². The molecule has 1 heterocycles. The maximum absolute atomic E-state index is 11.9. The van der Waals surface area contributed by atoms with Crippen molar-refractivity contribution < 1.29 is 14.3 Å². The molecule has 126 valence electrons. The van der Waals surface area contributed by atoms with Crippen LogP contribution in [-0.2, 0) is 22.5 Å². The van der Waals surface area contributed by atoms with Crippen molar-refractivity contribution in [1.29, 1.82) is 0 Å². The highest BCUT2D eigenvalue weighted by atomic mass is 16.5. The summed E-state index contributed by atoms with van der Waals surface area (Å²) in [5.74, 6) is 0.157. The molecule has 0 aliphatic carbocycles. The Kier molecular flexibility index (Phi) is 6.40. The minimum atomic E-state index is -0.176. The van der Waals surface area contributed by atoms with Gasteiger partial charge >= 0.3 is 6.03 Å². The number of benzene rings is 1. The highest BCUT2D eigenvalue weighted by molar-refractivity contribution is 5.95. The fraction of sp³-hybridized carbons (Fsp3) is 0.529. The fourth-order valence-corrected chi connectivity index (χ4v) is 2.68. The third-order valence-electron chi connectivity index (χ3n) is 3.91. The Morgan fingerprint density at radius 2 is 2.13 bits per heavy atom. The predicted octanol–water partition coefficient (Wildman–Crippen LogP) is 1.82. The normalized spacial score (nSPS) is 12.9. The molecule has 6 heteroatoms. The number of amides is 3. The molecule has 1 aromatic carbocycles. The van der Waals surface area contributed by atoms with Crippen LogP contribution in [0.4, 0.5) is 10.5 Å². The number of ether oxygens (including phenoxy) is 1. The average molecular weight is 319 g/mol. The third kappa shape index (κ3) is 4.69. The molecule has 2 rings (SSSR count). The summed E-state index contributed by atoms with van der Waals surface area (Å²) in [6.07, 6.45) is 2.19. The van der Waals surface area contributed by atoms with Gasteiger partial charge in [0.1, 0.15) is 0 Å². The van der Waals surface area contributed by atoms with Gasteiger partial charge in [0.25, 0.3) is 0 Å². The summed E-state index contributed by atoms with van der Waals surface area (Å²) in [4.78, 5) is 25.4. The van der Waals surface area contributed by atoms with Gasteiger partial charge < -0.3 is 20.3 Å². The number of hydrogen-bond donors (Lipinski definition) is 2. The van der Waals surface area contributed by atoms with Crippen molar-refractivity contribution in [1.82, 2.24) is 10.6 Å². The van der Waals surface area contributed by atoms with Gasteiger partial charge in [-0.2, -0.15) is 0 Å². The Bertz CT molecular complexity index is 560. The van der Waals surface area contributed by atoms with E-state index in [1.165, 1.54) is 5.56 Å². The number of hydrogen-bond acceptors (Lipinski definition) is 3. The molecule has 0 radical (unpaired) electrons. The predicted molar refractivity (Wildman–Crippen MR) is 89.5 cm³/mol. The van der Waals surface area contributed by atoms with Crippen molar-refractivity contribution in [2.24, 2.45) is 0 Å². The van der Waals surface area contributed by atoms with Crippen LogP contribution in [0.1, 0.15) is 30.9 Å². The molecule has 6 nitrogen and oxygen atoms in total. The summed E-state index contributed by atoms with van der Waals surface area (Å²) in [7, 11) is 1.64. The standard InChI is InChI=1S/C17H25N3O3/c1-3-16(21)20-9-7-14-11-13(5-6-15(14)20)12-19-17(22)18-8-4-10-23-2/h5-6,11H,3-4,7-10,12H2,1-2H3,(H2,18,19,22). The first-order valence-corrected chi connectivity index (χ1v) is 8.08. The molecule has 0 unspecified atom stereocenters. The van der Waals surface area contributed by atoms with Gasteiger partial charge in [-0.25, -0.2) is 4.79 Å².